The number of halogens is 2. The van der Waals surface area contributed by atoms with Crippen LogP contribution in [-0.4, -0.2) is 51.4 Å². The van der Waals surface area contributed by atoms with Gasteiger partial charge in [0.05, 0.1) is 14.9 Å². The largest absolute Gasteiger partial charge is 0.455 e. The lowest BCUT2D eigenvalue weighted by atomic mass is 10.3. The summed E-state index contributed by atoms with van der Waals surface area (Å²) in [7, 11) is -3.97. The first kappa shape index (κ1) is 22.4. The number of benzene rings is 1. The summed E-state index contributed by atoms with van der Waals surface area (Å²) in [6.45, 7) is 6.98. The normalized spacial score (nSPS) is 11.1. The maximum atomic E-state index is 12.1. The zero-order chi connectivity index (χ0) is 19.9. The highest BCUT2D eigenvalue weighted by Crippen LogP contribution is 2.24. The van der Waals surface area contributed by atoms with Gasteiger partial charge in [-0.1, -0.05) is 35.4 Å². The molecule has 0 atom stereocenters. The van der Waals surface area contributed by atoms with Crippen LogP contribution in [0.1, 0.15) is 13.8 Å². The molecule has 0 unspecified atom stereocenters. The molecule has 1 aromatic rings. The van der Waals surface area contributed by atoms with Gasteiger partial charge in [0, 0.05) is 13.1 Å². The van der Waals surface area contributed by atoms with Crippen molar-refractivity contribution in [3.63, 3.8) is 0 Å². The van der Waals surface area contributed by atoms with Gasteiger partial charge in [0.2, 0.25) is 10.0 Å². The topological polar surface area (TPSA) is 92.8 Å². The molecular weight excluding hydrogens is 403 g/mol. The smallest absolute Gasteiger partial charge is 0.321 e. The average molecular weight is 423 g/mol. The number of amides is 1. The Hall–Kier alpha value is -1.61. The van der Waals surface area contributed by atoms with Crippen LogP contribution < -0.4 is 4.72 Å². The monoisotopic (exact) mass is 422 g/mol. The van der Waals surface area contributed by atoms with Gasteiger partial charge in [-0.2, -0.15) is 4.72 Å². The minimum absolute atomic E-state index is 0.0693. The van der Waals surface area contributed by atoms with E-state index in [1.54, 1.807) is 13.8 Å². The summed E-state index contributed by atoms with van der Waals surface area (Å²) in [6, 6.07) is 3.75. The highest BCUT2D eigenvalue weighted by Gasteiger charge is 2.19. The number of sulfonamides is 1. The second-order valence-corrected chi connectivity index (χ2v) is 8.01. The standard InChI is InChI=1S/C16H20Cl2N2O5S/c1-4-20(9-11(2)3)15(21)10-25-16(22)8-19-26(23,24)12-5-6-13(17)14(18)7-12/h5-7,19H,2,4,8-10H2,1,3H3. The number of ether oxygens (including phenoxy) is 1. The average Bonchev–Trinajstić information content (AvgIpc) is 2.57. The van der Waals surface area contributed by atoms with E-state index in [4.69, 9.17) is 27.9 Å². The molecule has 1 amide bonds. The summed E-state index contributed by atoms with van der Waals surface area (Å²) in [4.78, 5) is 25.0. The van der Waals surface area contributed by atoms with E-state index in [9.17, 15) is 18.0 Å². The van der Waals surface area contributed by atoms with Crippen LogP contribution in [0.4, 0.5) is 0 Å². The molecule has 0 aliphatic heterocycles. The Morgan fingerprint density at radius 1 is 1.27 bits per heavy atom. The summed E-state index contributed by atoms with van der Waals surface area (Å²) in [5.41, 5.74) is 0.793. The highest BCUT2D eigenvalue weighted by atomic mass is 35.5. The molecule has 0 saturated heterocycles. The molecule has 10 heteroatoms. The van der Waals surface area contributed by atoms with Gasteiger partial charge in [-0.3, -0.25) is 9.59 Å². The van der Waals surface area contributed by atoms with Gasteiger partial charge < -0.3 is 9.64 Å². The van der Waals surface area contributed by atoms with Crippen LogP contribution in [0.5, 0.6) is 0 Å². The molecule has 1 aromatic carbocycles. The van der Waals surface area contributed by atoms with Crippen molar-refractivity contribution in [3.8, 4) is 0 Å². The van der Waals surface area contributed by atoms with Crippen LogP contribution in [0.25, 0.3) is 0 Å². The van der Waals surface area contributed by atoms with Crippen molar-refractivity contribution in [3.05, 3.63) is 40.4 Å². The minimum atomic E-state index is -3.97. The van der Waals surface area contributed by atoms with Crippen LogP contribution in [0.3, 0.4) is 0 Å². The van der Waals surface area contributed by atoms with E-state index in [-0.39, 0.29) is 14.9 Å². The fraction of sp³-hybridized carbons (Fsp3) is 0.375. The fourth-order valence-electron chi connectivity index (χ4n) is 1.87. The lowest BCUT2D eigenvalue weighted by Gasteiger charge is -2.20. The van der Waals surface area contributed by atoms with Crippen LogP contribution in [-0.2, 0) is 24.3 Å². The molecule has 0 spiro atoms. The third kappa shape index (κ3) is 6.95. The summed E-state index contributed by atoms with van der Waals surface area (Å²) >= 11 is 11.5. The van der Waals surface area contributed by atoms with E-state index in [2.05, 4.69) is 11.3 Å². The van der Waals surface area contributed by atoms with E-state index < -0.39 is 35.1 Å². The van der Waals surface area contributed by atoms with Gasteiger partial charge >= 0.3 is 5.97 Å². The summed E-state index contributed by atoms with van der Waals surface area (Å²) in [5, 5.41) is 0.277. The molecule has 0 bridgehead atoms. The van der Waals surface area contributed by atoms with Crippen molar-refractivity contribution in [2.24, 2.45) is 0 Å². The zero-order valence-electron chi connectivity index (χ0n) is 14.4. The predicted molar refractivity (Wildman–Crippen MR) is 99.7 cm³/mol. The molecule has 0 radical (unpaired) electrons. The number of esters is 1. The molecule has 1 N–H and O–H groups in total. The molecule has 0 fully saturated rings. The number of rotatable bonds is 9. The molecule has 0 aliphatic carbocycles. The predicted octanol–water partition coefficient (Wildman–Crippen LogP) is 2.24. The molecule has 0 heterocycles. The van der Waals surface area contributed by atoms with E-state index in [0.717, 1.165) is 11.6 Å². The fourth-order valence-corrected chi connectivity index (χ4v) is 3.23. The van der Waals surface area contributed by atoms with Crippen molar-refractivity contribution in [1.82, 2.24) is 9.62 Å². The number of carbonyl (C=O) groups excluding carboxylic acids is 2. The number of hydrogen-bond acceptors (Lipinski definition) is 5. The molecule has 0 saturated carbocycles. The van der Waals surface area contributed by atoms with Crippen molar-refractivity contribution in [2.45, 2.75) is 18.7 Å². The van der Waals surface area contributed by atoms with Gasteiger partial charge in [0.1, 0.15) is 6.54 Å². The first-order chi connectivity index (χ1) is 12.1. The summed E-state index contributed by atoms with van der Waals surface area (Å²) in [6.07, 6.45) is 0. The second kappa shape index (κ2) is 9.91. The molecule has 0 aliphatic rings. The van der Waals surface area contributed by atoms with Crippen LogP contribution in [0.15, 0.2) is 35.2 Å². The van der Waals surface area contributed by atoms with E-state index >= 15 is 0 Å². The highest BCUT2D eigenvalue weighted by molar-refractivity contribution is 7.89. The molecular formula is C16H20Cl2N2O5S. The maximum absolute atomic E-state index is 12.1. The van der Waals surface area contributed by atoms with Gasteiger partial charge in [-0.05, 0) is 32.0 Å². The molecule has 1 rings (SSSR count). The van der Waals surface area contributed by atoms with Gasteiger partial charge in [0.15, 0.2) is 6.61 Å². The molecule has 144 valence electrons. The number of nitrogens with zero attached hydrogens (tertiary/aromatic N) is 1. The molecule has 0 aromatic heterocycles. The molecule has 7 nitrogen and oxygen atoms in total. The van der Waals surface area contributed by atoms with Crippen molar-refractivity contribution < 1.29 is 22.7 Å². The van der Waals surface area contributed by atoms with Crippen LogP contribution in [0.2, 0.25) is 10.0 Å². The Morgan fingerprint density at radius 3 is 2.46 bits per heavy atom. The van der Waals surface area contributed by atoms with E-state index in [1.165, 1.54) is 17.0 Å². The Bertz CT molecular complexity index is 796. The third-order valence-corrected chi connectivity index (χ3v) is 5.30. The number of hydrogen-bond donors (Lipinski definition) is 1. The Morgan fingerprint density at radius 2 is 1.92 bits per heavy atom. The van der Waals surface area contributed by atoms with Crippen molar-refractivity contribution in [1.29, 1.82) is 0 Å². The molecule has 26 heavy (non-hydrogen) atoms. The SMILES string of the molecule is C=C(C)CN(CC)C(=O)COC(=O)CNS(=O)(=O)c1ccc(Cl)c(Cl)c1. The first-order valence-electron chi connectivity index (χ1n) is 7.59. The van der Waals surface area contributed by atoms with Crippen LogP contribution >= 0.6 is 23.2 Å². The van der Waals surface area contributed by atoms with Gasteiger partial charge in [0.25, 0.3) is 5.91 Å². The van der Waals surface area contributed by atoms with Crippen molar-refractivity contribution in [2.75, 3.05) is 26.2 Å². The Kier molecular flexibility index (Phi) is 8.55. The zero-order valence-corrected chi connectivity index (χ0v) is 16.7. The van der Waals surface area contributed by atoms with Crippen molar-refractivity contribution >= 4 is 45.1 Å². The summed E-state index contributed by atoms with van der Waals surface area (Å²) in [5.74, 6) is -1.27. The first-order valence-corrected chi connectivity index (χ1v) is 9.83. The van der Waals surface area contributed by atoms with E-state index in [0.29, 0.717) is 13.1 Å². The van der Waals surface area contributed by atoms with E-state index in [1.807, 2.05) is 0 Å². The van der Waals surface area contributed by atoms with Gasteiger partial charge in [-0.25, -0.2) is 8.42 Å². The maximum Gasteiger partial charge on any atom is 0.321 e. The third-order valence-electron chi connectivity index (χ3n) is 3.16. The Balaban J connectivity index is 2.56. The minimum Gasteiger partial charge on any atom is -0.455 e. The lowest BCUT2D eigenvalue weighted by molar-refractivity contribution is -0.150. The number of carbonyl (C=O) groups is 2. The summed E-state index contributed by atoms with van der Waals surface area (Å²) < 4.78 is 31.1. The van der Waals surface area contributed by atoms with Gasteiger partial charge in [-0.15, -0.1) is 0 Å². The number of nitrogens with one attached hydrogen (secondary N) is 1. The Labute approximate surface area is 163 Å². The number of likely N-dealkylation sites (N-methyl/N-ethyl adjacent to an activating group) is 1. The second-order valence-electron chi connectivity index (χ2n) is 5.43. The lowest BCUT2D eigenvalue weighted by Crippen LogP contribution is -2.37. The quantitative estimate of drug-likeness (QED) is 0.486. The van der Waals surface area contributed by atoms with Crippen LogP contribution in [0, 0.1) is 0 Å².